The van der Waals surface area contributed by atoms with Gasteiger partial charge in [-0.15, -0.1) is 6.42 Å². The smallest absolute Gasteiger partial charge is 0.270 e. The first kappa shape index (κ1) is 15.5. The van der Waals surface area contributed by atoms with Gasteiger partial charge in [0.15, 0.2) is 0 Å². The maximum atomic E-state index is 12.5. The molecule has 1 aliphatic rings. The van der Waals surface area contributed by atoms with Crippen molar-refractivity contribution >= 4 is 27.5 Å². The van der Waals surface area contributed by atoms with E-state index < -0.39 is 4.92 Å². The van der Waals surface area contributed by atoms with Gasteiger partial charge in [-0.25, -0.2) is 0 Å². The Balaban J connectivity index is 2.12. The van der Waals surface area contributed by atoms with E-state index in [0.29, 0.717) is 42.8 Å². The van der Waals surface area contributed by atoms with Crippen LogP contribution in [0.1, 0.15) is 10.4 Å². The van der Waals surface area contributed by atoms with Crippen LogP contribution in [0, 0.1) is 22.5 Å². The molecule has 1 aromatic rings. The third-order valence-corrected chi connectivity index (χ3v) is 4.06. The summed E-state index contributed by atoms with van der Waals surface area (Å²) < 4.78 is 0.559. The zero-order chi connectivity index (χ0) is 15.4. The Labute approximate surface area is 131 Å². The molecule has 0 aliphatic carbocycles. The van der Waals surface area contributed by atoms with E-state index in [-0.39, 0.29) is 11.6 Å². The average molecular weight is 352 g/mol. The van der Waals surface area contributed by atoms with Crippen molar-refractivity contribution in [3.05, 3.63) is 38.3 Å². The predicted molar refractivity (Wildman–Crippen MR) is 82.0 cm³/mol. The number of hydrogen-bond acceptors (Lipinski definition) is 4. The molecule has 0 spiro atoms. The molecule has 1 fully saturated rings. The lowest BCUT2D eigenvalue weighted by Gasteiger charge is -2.33. The highest BCUT2D eigenvalue weighted by atomic mass is 79.9. The van der Waals surface area contributed by atoms with Gasteiger partial charge in [0.05, 0.1) is 17.0 Å². The summed E-state index contributed by atoms with van der Waals surface area (Å²) in [5.41, 5.74) is 0.224. The van der Waals surface area contributed by atoms with Gasteiger partial charge in [-0.1, -0.05) is 5.92 Å². The van der Waals surface area contributed by atoms with Crippen LogP contribution in [0.4, 0.5) is 5.69 Å². The van der Waals surface area contributed by atoms with Crippen molar-refractivity contribution in [1.29, 1.82) is 0 Å². The molecule has 7 heteroatoms. The van der Waals surface area contributed by atoms with Crippen LogP contribution in [0.3, 0.4) is 0 Å². The molecule has 6 nitrogen and oxygen atoms in total. The summed E-state index contributed by atoms with van der Waals surface area (Å²) in [5, 5.41) is 10.8. The third kappa shape index (κ3) is 3.60. The van der Waals surface area contributed by atoms with E-state index in [1.54, 1.807) is 4.90 Å². The number of piperazine rings is 1. The molecule has 0 radical (unpaired) electrons. The number of hydrogen-bond donors (Lipinski definition) is 0. The Morgan fingerprint density at radius 2 is 2.05 bits per heavy atom. The molecule has 1 saturated heterocycles. The van der Waals surface area contributed by atoms with E-state index in [4.69, 9.17) is 6.42 Å². The van der Waals surface area contributed by atoms with E-state index in [0.717, 1.165) is 0 Å². The highest BCUT2D eigenvalue weighted by Gasteiger charge is 2.24. The van der Waals surface area contributed by atoms with Crippen LogP contribution in [-0.2, 0) is 0 Å². The van der Waals surface area contributed by atoms with Crippen LogP contribution in [-0.4, -0.2) is 53.4 Å². The lowest BCUT2D eigenvalue weighted by Crippen LogP contribution is -2.48. The Kier molecular flexibility index (Phi) is 4.94. The third-order valence-electron chi connectivity index (χ3n) is 3.37. The molecule has 110 valence electrons. The second-order valence-corrected chi connectivity index (χ2v) is 5.55. The van der Waals surface area contributed by atoms with Gasteiger partial charge in [0.25, 0.3) is 11.6 Å². The largest absolute Gasteiger partial charge is 0.336 e. The van der Waals surface area contributed by atoms with Crippen molar-refractivity contribution in [2.75, 3.05) is 32.7 Å². The fourth-order valence-electron chi connectivity index (χ4n) is 2.20. The minimum atomic E-state index is -0.506. The van der Waals surface area contributed by atoms with Crippen molar-refractivity contribution in [2.45, 2.75) is 0 Å². The molecule has 1 amide bonds. The molecular formula is C14H14BrN3O3. The van der Waals surface area contributed by atoms with Crippen molar-refractivity contribution < 1.29 is 9.72 Å². The van der Waals surface area contributed by atoms with Crippen LogP contribution in [0.5, 0.6) is 0 Å². The monoisotopic (exact) mass is 351 g/mol. The number of terminal acetylenes is 1. The van der Waals surface area contributed by atoms with Gasteiger partial charge in [-0.05, 0) is 22.0 Å². The second-order valence-electron chi connectivity index (χ2n) is 4.69. The van der Waals surface area contributed by atoms with Crippen molar-refractivity contribution in [3.63, 3.8) is 0 Å². The Hall–Kier alpha value is -1.91. The Bertz CT molecular complexity index is 604. The van der Waals surface area contributed by atoms with Crippen LogP contribution in [0.25, 0.3) is 0 Å². The van der Waals surface area contributed by atoms with Gasteiger partial charge in [-0.2, -0.15) is 0 Å². The fourth-order valence-corrected chi connectivity index (χ4v) is 2.62. The lowest BCUT2D eigenvalue weighted by molar-refractivity contribution is -0.384. The minimum absolute atomic E-state index is 0.0903. The molecule has 0 unspecified atom stereocenters. The molecule has 21 heavy (non-hydrogen) atoms. The normalized spacial score (nSPS) is 15.5. The van der Waals surface area contributed by atoms with Gasteiger partial charge < -0.3 is 4.90 Å². The number of amides is 1. The summed E-state index contributed by atoms with van der Waals surface area (Å²) in [6, 6.07) is 4.20. The van der Waals surface area contributed by atoms with Crippen LogP contribution >= 0.6 is 15.9 Å². The van der Waals surface area contributed by atoms with Gasteiger partial charge in [-0.3, -0.25) is 19.8 Å². The number of non-ortho nitro benzene ring substituents is 1. The van der Waals surface area contributed by atoms with E-state index in [1.807, 2.05) is 0 Å². The number of rotatable bonds is 3. The number of nitrogens with zero attached hydrogens (tertiary/aromatic N) is 3. The van der Waals surface area contributed by atoms with Crippen LogP contribution in [0.2, 0.25) is 0 Å². The van der Waals surface area contributed by atoms with E-state index in [2.05, 4.69) is 26.8 Å². The van der Waals surface area contributed by atoms with E-state index in [9.17, 15) is 14.9 Å². The lowest BCUT2D eigenvalue weighted by atomic mass is 10.1. The molecule has 0 N–H and O–H groups in total. The van der Waals surface area contributed by atoms with Crippen molar-refractivity contribution in [1.82, 2.24) is 9.80 Å². The Morgan fingerprint density at radius 1 is 1.38 bits per heavy atom. The molecule has 0 atom stereocenters. The summed E-state index contributed by atoms with van der Waals surface area (Å²) in [4.78, 5) is 26.6. The number of carbonyl (C=O) groups is 1. The summed E-state index contributed by atoms with van der Waals surface area (Å²) >= 11 is 3.28. The number of nitro groups is 1. The number of carbonyl (C=O) groups excluding carboxylic acids is 1. The summed E-state index contributed by atoms with van der Waals surface area (Å²) in [5.74, 6) is 2.38. The first-order valence-corrected chi connectivity index (χ1v) is 7.21. The van der Waals surface area contributed by atoms with Gasteiger partial charge in [0.2, 0.25) is 0 Å². The summed E-state index contributed by atoms with van der Waals surface area (Å²) in [6.45, 7) is 3.12. The molecule has 0 saturated carbocycles. The quantitative estimate of drug-likeness (QED) is 0.472. The fraction of sp³-hybridized carbons (Fsp3) is 0.357. The highest BCUT2D eigenvalue weighted by Crippen LogP contribution is 2.24. The standard InChI is InChI=1S/C14H14BrN3O3/c1-2-5-16-6-8-17(9-7-16)14(19)12-10-11(18(20)21)3-4-13(12)15/h1,3-4,10H,5-9H2. The molecule has 0 aromatic heterocycles. The van der Waals surface area contributed by atoms with Gasteiger partial charge >= 0.3 is 0 Å². The highest BCUT2D eigenvalue weighted by molar-refractivity contribution is 9.10. The van der Waals surface area contributed by atoms with Crippen LogP contribution in [0.15, 0.2) is 22.7 Å². The first-order chi connectivity index (χ1) is 10.0. The topological polar surface area (TPSA) is 66.7 Å². The summed E-state index contributed by atoms with van der Waals surface area (Å²) in [7, 11) is 0. The zero-order valence-corrected chi connectivity index (χ0v) is 12.9. The number of benzene rings is 1. The van der Waals surface area contributed by atoms with Crippen molar-refractivity contribution in [3.8, 4) is 12.3 Å². The number of nitro benzene ring substituents is 1. The number of halogens is 1. The molecular weight excluding hydrogens is 338 g/mol. The van der Waals surface area contributed by atoms with Crippen LogP contribution < -0.4 is 0 Å². The van der Waals surface area contributed by atoms with Gasteiger partial charge in [0, 0.05) is 42.8 Å². The van der Waals surface area contributed by atoms with E-state index in [1.165, 1.54) is 18.2 Å². The van der Waals surface area contributed by atoms with E-state index >= 15 is 0 Å². The predicted octanol–water partition coefficient (Wildman–Crippen LogP) is 1.75. The Morgan fingerprint density at radius 3 is 2.62 bits per heavy atom. The molecule has 1 aliphatic heterocycles. The SMILES string of the molecule is C#CCN1CCN(C(=O)c2cc([N+](=O)[O-])ccc2Br)CC1. The molecule has 0 bridgehead atoms. The molecule has 1 aromatic carbocycles. The zero-order valence-electron chi connectivity index (χ0n) is 11.3. The van der Waals surface area contributed by atoms with Gasteiger partial charge in [0.1, 0.15) is 0 Å². The maximum absolute atomic E-state index is 12.5. The molecule has 1 heterocycles. The minimum Gasteiger partial charge on any atom is -0.336 e. The first-order valence-electron chi connectivity index (χ1n) is 6.42. The van der Waals surface area contributed by atoms with Crippen molar-refractivity contribution in [2.24, 2.45) is 0 Å². The second kappa shape index (κ2) is 6.70. The average Bonchev–Trinajstić information content (AvgIpc) is 2.48. The molecule has 2 rings (SSSR count). The summed E-state index contributed by atoms with van der Waals surface area (Å²) in [6.07, 6.45) is 5.27. The maximum Gasteiger partial charge on any atom is 0.270 e.